The lowest BCUT2D eigenvalue weighted by atomic mass is 10.5. The van der Waals surface area contributed by atoms with E-state index in [9.17, 15) is 0 Å². The van der Waals surface area contributed by atoms with Crippen LogP contribution in [0.3, 0.4) is 0 Å². The van der Waals surface area contributed by atoms with Crippen LogP contribution in [-0.4, -0.2) is 9.79 Å². The molecule has 1 heterocycles. The van der Waals surface area contributed by atoms with E-state index in [1.54, 1.807) is 0 Å². The summed E-state index contributed by atoms with van der Waals surface area (Å²) in [5.74, 6) is 0. The van der Waals surface area contributed by atoms with E-state index in [-0.39, 0.29) is 0 Å². The third-order valence-corrected chi connectivity index (χ3v) is 0.607. The zero-order valence-corrected chi connectivity index (χ0v) is 7.26. The molecule has 1 rings (SSSR count). The fraction of sp³-hybridized carbons (Fsp3) is 0. The first-order valence-electron chi connectivity index (χ1n) is 2.68. The zero-order valence-electron chi connectivity index (χ0n) is 5.54. The van der Waals surface area contributed by atoms with Crippen molar-refractivity contribution in [2.45, 2.75) is 0 Å². The molecule has 62 valence electrons. The number of hydrogen-bond acceptors (Lipinski definition) is 2. The molecule has 0 amide bonds. The second-order valence-corrected chi connectivity index (χ2v) is 3.98. The molecule has 3 N–H and O–H groups in total. The molecule has 0 radical (unpaired) electrons. The molecule has 0 bridgehead atoms. The van der Waals surface area contributed by atoms with Gasteiger partial charge in [0, 0.05) is 12.1 Å². The second kappa shape index (κ2) is 5.35. The first-order chi connectivity index (χ1) is 5.00. The Morgan fingerprint density at radius 1 is 1.18 bits per heavy atom. The van der Waals surface area contributed by atoms with Crippen LogP contribution in [0.15, 0.2) is 30.6 Å². The number of aromatic nitrogens is 1. The van der Waals surface area contributed by atoms with Crippen molar-refractivity contribution in [2.24, 2.45) is 0 Å². The van der Waals surface area contributed by atoms with Gasteiger partial charge in [0.2, 0.25) is 0 Å². The Bertz CT molecular complexity index is 189. The molecule has 0 saturated heterocycles. The standard InChI is InChI=1S/C5H5N.H3O3PS/c1-2-4-6-5-3-1;1-4(2,3)5/h1-5H;(H3,1,2,3,5). The average molecular weight is 193 g/mol. The second-order valence-electron chi connectivity index (χ2n) is 1.57. The molecule has 0 saturated carbocycles. The molecule has 11 heavy (non-hydrogen) atoms. The van der Waals surface area contributed by atoms with Crippen molar-refractivity contribution in [3.05, 3.63) is 30.6 Å². The lowest BCUT2D eigenvalue weighted by molar-refractivity contribution is -0.377. The lowest BCUT2D eigenvalue weighted by Crippen LogP contribution is -1.94. The van der Waals surface area contributed by atoms with Crippen molar-refractivity contribution in [2.75, 3.05) is 0 Å². The van der Waals surface area contributed by atoms with Crippen LogP contribution in [0.4, 0.5) is 0 Å². The van der Waals surface area contributed by atoms with Gasteiger partial charge < -0.3 is 14.7 Å². The van der Waals surface area contributed by atoms with Crippen LogP contribution in [0.5, 0.6) is 0 Å². The molecule has 6 heteroatoms. The van der Waals surface area contributed by atoms with E-state index in [2.05, 4.69) is 16.8 Å². The van der Waals surface area contributed by atoms with Crippen molar-refractivity contribution in [1.29, 1.82) is 0 Å². The van der Waals surface area contributed by atoms with Gasteiger partial charge >= 0.3 is 0 Å². The Kier molecular flexibility index (Phi) is 5.19. The molecular formula is C5H8NO3PS. The average Bonchev–Trinajstić information content (AvgIpc) is 1.88. The maximum absolute atomic E-state index is 9.14. The van der Waals surface area contributed by atoms with Gasteiger partial charge in [-0.1, -0.05) is 17.9 Å². The SMILES string of the molecule is [O-]P(O)(O)=S.c1cc[nH+]cc1. The van der Waals surface area contributed by atoms with Gasteiger partial charge in [0.15, 0.2) is 12.4 Å². The third-order valence-electron chi connectivity index (χ3n) is 0.607. The van der Waals surface area contributed by atoms with Crippen LogP contribution in [0.25, 0.3) is 0 Å². The monoisotopic (exact) mass is 193 g/mol. The molecule has 0 aliphatic heterocycles. The van der Waals surface area contributed by atoms with Crippen LogP contribution >= 0.6 is 6.72 Å². The molecule has 4 nitrogen and oxygen atoms in total. The van der Waals surface area contributed by atoms with Crippen LogP contribution in [0.2, 0.25) is 0 Å². The molecule has 0 fully saturated rings. The normalized spacial score (nSPS) is 9.73. The molecule has 0 aromatic carbocycles. The summed E-state index contributed by atoms with van der Waals surface area (Å²) >= 11 is 3.49. The molecule has 1 aromatic rings. The van der Waals surface area contributed by atoms with Gasteiger partial charge in [-0.05, 0) is 0 Å². The predicted octanol–water partition coefficient (Wildman–Crippen LogP) is -0.944. The quantitative estimate of drug-likeness (QED) is 0.521. The van der Waals surface area contributed by atoms with Crippen LogP contribution in [-0.2, 0) is 11.8 Å². The van der Waals surface area contributed by atoms with Crippen LogP contribution < -0.4 is 9.88 Å². The summed E-state index contributed by atoms with van der Waals surface area (Å²) < 4.78 is 0. The number of H-pyrrole nitrogens is 1. The highest BCUT2D eigenvalue weighted by Gasteiger charge is 1.74. The zero-order chi connectivity index (χ0) is 8.74. The molecule has 0 aliphatic rings. The van der Waals surface area contributed by atoms with Gasteiger partial charge in [-0.25, -0.2) is 4.98 Å². The number of nitrogens with one attached hydrogen (secondary N) is 1. The largest absolute Gasteiger partial charge is 0.780 e. The van der Waals surface area contributed by atoms with Crippen molar-refractivity contribution in [3.63, 3.8) is 0 Å². The van der Waals surface area contributed by atoms with Gasteiger partial charge in [0.05, 0.1) is 0 Å². The summed E-state index contributed by atoms with van der Waals surface area (Å²) in [6.07, 6.45) is 3.75. The number of aromatic amines is 1. The Morgan fingerprint density at radius 2 is 1.55 bits per heavy atom. The highest BCUT2D eigenvalue weighted by atomic mass is 32.5. The van der Waals surface area contributed by atoms with E-state index in [1.807, 2.05) is 30.6 Å². The summed E-state index contributed by atoms with van der Waals surface area (Å²) in [5, 5.41) is 0. The Morgan fingerprint density at radius 3 is 1.64 bits per heavy atom. The van der Waals surface area contributed by atoms with E-state index < -0.39 is 6.72 Å². The van der Waals surface area contributed by atoms with Crippen molar-refractivity contribution in [1.82, 2.24) is 0 Å². The van der Waals surface area contributed by atoms with Crippen LogP contribution in [0, 0.1) is 0 Å². The minimum atomic E-state index is -4.06. The van der Waals surface area contributed by atoms with Gasteiger partial charge in [-0.3, -0.25) is 0 Å². The van der Waals surface area contributed by atoms with E-state index in [0.29, 0.717) is 0 Å². The Hall–Kier alpha value is -0.320. The predicted molar refractivity (Wildman–Crippen MR) is 41.7 cm³/mol. The van der Waals surface area contributed by atoms with E-state index in [4.69, 9.17) is 14.7 Å². The highest BCUT2D eigenvalue weighted by molar-refractivity contribution is 8.05. The minimum absolute atomic E-state index is 1.88. The summed E-state index contributed by atoms with van der Waals surface area (Å²) in [5.41, 5.74) is 0. The minimum Gasteiger partial charge on any atom is -0.780 e. The first-order valence-corrected chi connectivity index (χ1v) is 5.30. The van der Waals surface area contributed by atoms with Gasteiger partial charge in [0.25, 0.3) is 0 Å². The summed E-state index contributed by atoms with van der Waals surface area (Å²) in [7, 11) is 0. The maximum atomic E-state index is 9.14. The van der Waals surface area contributed by atoms with E-state index in [1.165, 1.54) is 0 Å². The number of hydrogen-bond donors (Lipinski definition) is 2. The molecule has 0 aliphatic carbocycles. The van der Waals surface area contributed by atoms with Gasteiger partial charge in [-0.2, -0.15) is 0 Å². The first kappa shape index (κ1) is 10.7. The van der Waals surface area contributed by atoms with Crippen LogP contribution in [0.1, 0.15) is 0 Å². The van der Waals surface area contributed by atoms with Crippen molar-refractivity contribution >= 4 is 18.5 Å². The molecule has 0 atom stereocenters. The highest BCUT2D eigenvalue weighted by Crippen LogP contribution is 2.19. The smallest absolute Gasteiger partial charge is 0.166 e. The third kappa shape index (κ3) is 17.7. The Labute approximate surface area is 69.4 Å². The molecule has 0 spiro atoms. The fourth-order valence-electron chi connectivity index (χ4n) is 0.342. The topological polar surface area (TPSA) is 77.7 Å². The lowest BCUT2D eigenvalue weighted by Gasteiger charge is -2.07. The molecule has 1 aromatic heterocycles. The fourth-order valence-corrected chi connectivity index (χ4v) is 0.342. The summed E-state index contributed by atoms with van der Waals surface area (Å²) in [4.78, 5) is 26.9. The number of pyridine rings is 1. The van der Waals surface area contributed by atoms with Crippen molar-refractivity contribution < 1.29 is 19.7 Å². The molecule has 0 unspecified atom stereocenters. The Balaban J connectivity index is 0.000000187. The van der Waals surface area contributed by atoms with Gasteiger partial charge in [-0.15, -0.1) is 0 Å². The van der Waals surface area contributed by atoms with Crippen molar-refractivity contribution in [3.8, 4) is 0 Å². The van der Waals surface area contributed by atoms with E-state index in [0.717, 1.165) is 0 Å². The summed E-state index contributed by atoms with van der Waals surface area (Å²) in [6.45, 7) is -4.06. The molecular weight excluding hydrogens is 185 g/mol. The van der Waals surface area contributed by atoms with E-state index >= 15 is 0 Å². The number of rotatable bonds is 0. The van der Waals surface area contributed by atoms with Gasteiger partial charge in [0.1, 0.15) is 6.72 Å². The summed E-state index contributed by atoms with van der Waals surface area (Å²) in [6, 6.07) is 5.86. The maximum Gasteiger partial charge on any atom is 0.166 e.